The third-order valence-electron chi connectivity index (χ3n) is 8.96. The molecule has 4 aliphatic carbocycles. The number of Topliss-reactive ketones (excluding diaryl/α,β-unsaturated/α-hetero) is 1. The maximum Gasteiger partial charge on any atom is 0.305 e. The van der Waals surface area contributed by atoms with E-state index in [1.165, 1.54) is 6.92 Å². The Labute approximate surface area is 166 Å². The molecule has 3 saturated carbocycles. The molecular weight excluding hydrogens is 356 g/mol. The van der Waals surface area contributed by atoms with E-state index in [0.717, 1.165) is 44.1 Å². The lowest BCUT2D eigenvalue weighted by atomic mass is 9.45. The molecule has 0 aromatic heterocycles. The first kappa shape index (κ1) is 19.8. The summed E-state index contributed by atoms with van der Waals surface area (Å²) >= 11 is 0. The van der Waals surface area contributed by atoms with Crippen LogP contribution in [0.4, 0.5) is 0 Å². The topological polar surface area (TPSA) is 80.7 Å². The Kier molecular flexibility index (Phi) is 4.42. The van der Waals surface area contributed by atoms with Crippen molar-refractivity contribution >= 4 is 17.5 Å². The highest BCUT2D eigenvalue weighted by Crippen LogP contribution is 2.68. The predicted molar refractivity (Wildman–Crippen MR) is 103 cm³/mol. The van der Waals surface area contributed by atoms with Gasteiger partial charge in [-0.05, 0) is 81.6 Å². The zero-order valence-corrected chi connectivity index (χ0v) is 17.4. The van der Waals surface area contributed by atoms with E-state index in [1.54, 1.807) is 13.0 Å². The summed E-state index contributed by atoms with van der Waals surface area (Å²) < 4.78 is 5.47. The molecule has 0 amide bonds. The minimum absolute atomic E-state index is 0.0224. The standard InChI is InChI=1S/C23H32O5/c1-13(24)18-7-8-19-17-6-5-15-11-16(26)12-23(27,28-14(2)25)22(15,4)20(17)9-10-21(18,19)3/h11,17-20,27H,5-10,12H2,1-4H3/t17-,18-,19-,20-,21+,22-,23?/m0/s1. The third kappa shape index (κ3) is 2.51. The minimum atomic E-state index is -1.78. The van der Waals surface area contributed by atoms with Crippen LogP contribution < -0.4 is 0 Å². The largest absolute Gasteiger partial charge is 0.432 e. The molecule has 5 nitrogen and oxygen atoms in total. The number of aliphatic hydroxyl groups is 1. The van der Waals surface area contributed by atoms with Gasteiger partial charge in [-0.3, -0.25) is 14.4 Å². The maximum absolute atomic E-state index is 12.3. The first-order valence-corrected chi connectivity index (χ1v) is 10.7. The van der Waals surface area contributed by atoms with Gasteiger partial charge in [-0.2, -0.15) is 0 Å². The number of carbonyl (C=O) groups excluding carboxylic acids is 3. The lowest BCUT2D eigenvalue weighted by Crippen LogP contribution is -2.62. The van der Waals surface area contributed by atoms with Gasteiger partial charge in [0.1, 0.15) is 5.78 Å². The van der Waals surface area contributed by atoms with Crippen LogP contribution in [-0.4, -0.2) is 28.4 Å². The Morgan fingerprint density at radius 1 is 1.11 bits per heavy atom. The molecule has 0 aliphatic heterocycles. The van der Waals surface area contributed by atoms with Crippen LogP contribution >= 0.6 is 0 Å². The van der Waals surface area contributed by atoms with E-state index in [9.17, 15) is 19.5 Å². The van der Waals surface area contributed by atoms with Crippen molar-refractivity contribution in [1.82, 2.24) is 0 Å². The SMILES string of the molecule is CC(=O)OC1(O)CC(=O)C=C2CC[C@H]3[C@@H]4CC[C@@H](C(C)=O)[C@@]4(C)CC[C@@H]3[C@]21C. The van der Waals surface area contributed by atoms with E-state index >= 15 is 0 Å². The smallest absolute Gasteiger partial charge is 0.305 e. The summed E-state index contributed by atoms with van der Waals surface area (Å²) in [7, 11) is 0. The summed E-state index contributed by atoms with van der Waals surface area (Å²) in [4.78, 5) is 36.4. The number of esters is 1. The highest BCUT2D eigenvalue weighted by molar-refractivity contribution is 5.93. The molecule has 0 spiro atoms. The van der Waals surface area contributed by atoms with E-state index < -0.39 is 17.2 Å². The summed E-state index contributed by atoms with van der Waals surface area (Å²) in [6.07, 6.45) is 7.05. The van der Waals surface area contributed by atoms with E-state index in [1.807, 2.05) is 6.92 Å². The van der Waals surface area contributed by atoms with Crippen molar-refractivity contribution in [3.63, 3.8) is 0 Å². The summed E-state index contributed by atoms with van der Waals surface area (Å²) in [5.74, 6) is -1.12. The Morgan fingerprint density at radius 3 is 2.46 bits per heavy atom. The molecule has 4 rings (SSSR count). The van der Waals surface area contributed by atoms with Gasteiger partial charge in [0.05, 0.1) is 11.8 Å². The second-order valence-corrected chi connectivity index (χ2v) is 10.1. The quantitative estimate of drug-likeness (QED) is 0.578. The van der Waals surface area contributed by atoms with Gasteiger partial charge < -0.3 is 9.84 Å². The molecule has 0 aromatic carbocycles. The fourth-order valence-electron chi connectivity index (χ4n) is 7.70. The van der Waals surface area contributed by atoms with E-state index in [4.69, 9.17) is 4.74 Å². The highest BCUT2D eigenvalue weighted by Gasteiger charge is 2.66. The number of carbonyl (C=O) groups is 3. The fourth-order valence-corrected chi connectivity index (χ4v) is 7.70. The van der Waals surface area contributed by atoms with E-state index in [0.29, 0.717) is 17.6 Å². The van der Waals surface area contributed by atoms with Gasteiger partial charge in [0.15, 0.2) is 5.78 Å². The van der Waals surface area contributed by atoms with Crippen LogP contribution in [0.3, 0.4) is 0 Å². The fraction of sp³-hybridized carbons (Fsp3) is 0.783. The van der Waals surface area contributed by atoms with E-state index in [-0.39, 0.29) is 29.5 Å². The van der Waals surface area contributed by atoms with Crippen molar-refractivity contribution in [3.8, 4) is 0 Å². The number of ketones is 2. The predicted octanol–water partition coefficient (Wildman–Crippen LogP) is 3.59. The van der Waals surface area contributed by atoms with Crippen molar-refractivity contribution in [3.05, 3.63) is 11.6 Å². The molecule has 154 valence electrons. The molecule has 1 unspecified atom stereocenters. The molecule has 0 heterocycles. The van der Waals surface area contributed by atoms with E-state index in [2.05, 4.69) is 6.92 Å². The second kappa shape index (κ2) is 6.25. The molecule has 1 N–H and O–H groups in total. The zero-order valence-electron chi connectivity index (χ0n) is 17.4. The van der Waals surface area contributed by atoms with Crippen molar-refractivity contribution in [2.24, 2.45) is 34.5 Å². The van der Waals surface area contributed by atoms with Crippen molar-refractivity contribution in [2.75, 3.05) is 0 Å². The molecule has 4 aliphatic rings. The first-order valence-electron chi connectivity index (χ1n) is 10.7. The maximum atomic E-state index is 12.3. The van der Waals surface area contributed by atoms with Crippen LogP contribution in [0.15, 0.2) is 11.6 Å². The normalized spacial score (nSPS) is 47.5. The van der Waals surface area contributed by atoms with Crippen LogP contribution in [0.5, 0.6) is 0 Å². The molecular formula is C23H32O5. The average Bonchev–Trinajstić information content (AvgIpc) is 2.93. The van der Waals surface area contributed by atoms with Gasteiger partial charge in [0.2, 0.25) is 5.79 Å². The van der Waals surface area contributed by atoms with Gasteiger partial charge >= 0.3 is 5.97 Å². The van der Waals surface area contributed by atoms with Gasteiger partial charge in [-0.1, -0.05) is 12.5 Å². The number of fused-ring (bicyclic) bond motifs is 5. The molecule has 28 heavy (non-hydrogen) atoms. The van der Waals surface area contributed by atoms with Gasteiger partial charge in [0.25, 0.3) is 0 Å². The van der Waals surface area contributed by atoms with Crippen molar-refractivity contribution in [1.29, 1.82) is 0 Å². The van der Waals surface area contributed by atoms with Gasteiger partial charge in [-0.15, -0.1) is 0 Å². The summed E-state index contributed by atoms with van der Waals surface area (Å²) in [6, 6.07) is 0. The molecule has 0 bridgehead atoms. The summed E-state index contributed by atoms with van der Waals surface area (Å²) in [6.45, 7) is 7.28. The number of ether oxygens (including phenoxy) is 1. The number of rotatable bonds is 2. The third-order valence-corrected chi connectivity index (χ3v) is 8.96. The van der Waals surface area contributed by atoms with Crippen LogP contribution in [0.1, 0.15) is 72.6 Å². The van der Waals surface area contributed by atoms with Crippen LogP contribution in [-0.2, 0) is 19.1 Å². The monoisotopic (exact) mass is 388 g/mol. The van der Waals surface area contributed by atoms with Crippen molar-refractivity contribution in [2.45, 2.75) is 78.4 Å². The summed E-state index contributed by atoms with van der Waals surface area (Å²) in [5, 5.41) is 11.5. The number of hydrogen-bond acceptors (Lipinski definition) is 5. The second-order valence-electron chi connectivity index (χ2n) is 10.1. The molecule has 5 heteroatoms. The molecule has 0 radical (unpaired) electrons. The minimum Gasteiger partial charge on any atom is -0.432 e. The average molecular weight is 389 g/mol. The van der Waals surface area contributed by atoms with Gasteiger partial charge in [-0.25, -0.2) is 0 Å². The first-order chi connectivity index (χ1) is 13.0. The van der Waals surface area contributed by atoms with Crippen LogP contribution in [0, 0.1) is 34.5 Å². The molecule has 3 fully saturated rings. The Balaban J connectivity index is 1.75. The lowest BCUT2D eigenvalue weighted by molar-refractivity contribution is -0.275. The number of hydrogen-bond donors (Lipinski definition) is 1. The summed E-state index contributed by atoms with van der Waals surface area (Å²) in [5.41, 5.74) is 0.207. The molecule has 7 atom stereocenters. The van der Waals surface area contributed by atoms with Crippen LogP contribution in [0.2, 0.25) is 0 Å². The van der Waals surface area contributed by atoms with Gasteiger partial charge in [0, 0.05) is 12.8 Å². The van der Waals surface area contributed by atoms with Crippen LogP contribution in [0.25, 0.3) is 0 Å². The molecule has 0 saturated heterocycles. The van der Waals surface area contributed by atoms with Crippen molar-refractivity contribution < 1.29 is 24.2 Å². The highest BCUT2D eigenvalue weighted by atomic mass is 16.7. The molecule has 0 aromatic rings. The zero-order chi connectivity index (χ0) is 20.5. The Bertz CT molecular complexity index is 769. The Morgan fingerprint density at radius 2 is 1.82 bits per heavy atom. The Hall–Kier alpha value is -1.49. The lowest BCUT2D eigenvalue weighted by Gasteiger charge is -2.61.